The molecule has 57 heavy (non-hydrogen) atoms. The van der Waals surface area contributed by atoms with E-state index >= 15 is 0 Å². The summed E-state index contributed by atoms with van der Waals surface area (Å²) in [6, 6.07) is 63.2. The molecule has 4 aromatic heterocycles. The van der Waals surface area contributed by atoms with Crippen LogP contribution in [0.15, 0.2) is 176 Å². The van der Waals surface area contributed by atoms with Gasteiger partial charge in [0.1, 0.15) is 0 Å². The Hall–Kier alpha value is -7.63. The van der Waals surface area contributed by atoms with Gasteiger partial charge in [0, 0.05) is 43.4 Å². The van der Waals surface area contributed by atoms with Gasteiger partial charge < -0.3 is 4.40 Å². The second-order valence-electron chi connectivity index (χ2n) is 15.1. The summed E-state index contributed by atoms with van der Waals surface area (Å²) in [4.78, 5) is 15.7. The molecule has 4 heterocycles. The molecule has 0 radical (unpaired) electrons. The minimum absolute atomic E-state index is 0.585. The van der Waals surface area contributed by atoms with Crippen molar-refractivity contribution in [2.24, 2.45) is 0 Å². The predicted molar refractivity (Wildman–Crippen MR) is 235 cm³/mol. The van der Waals surface area contributed by atoms with E-state index in [0.29, 0.717) is 17.6 Å². The third-order valence-electron chi connectivity index (χ3n) is 12.1. The number of hydrogen-bond acceptors (Lipinski definition) is 3. The highest BCUT2D eigenvalue weighted by Crippen LogP contribution is 2.46. The van der Waals surface area contributed by atoms with Gasteiger partial charge in [-0.15, -0.1) is 0 Å². The Morgan fingerprint density at radius 3 is 1.53 bits per heavy atom. The molecule has 12 aromatic rings. The molecule has 0 N–H and O–H groups in total. The van der Waals surface area contributed by atoms with E-state index in [1.807, 2.05) is 36.4 Å². The van der Waals surface area contributed by atoms with Crippen molar-refractivity contribution < 1.29 is 0 Å². The predicted octanol–water partition coefficient (Wildman–Crippen LogP) is 12.8. The second-order valence-corrected chi connectivity index (χ2v) is 15.1. The molecule has 1 aliphatic carbocycles. The van der Waals surface area contributed by atoms with Crippen LogP contribution in [0.25, 0.3) is 110 Å². The van der Waals surface area contributed by atoms with Crippen molar-refractivity contribution in [3.05, 3.63) is 187 Å². The molecule has 8 aromatic carbocycles. The van der Waals surface area contributed by atoms with Crippen LogP contribution in [0.3, 0.4) is 0 Å². The van der Waals surface area contributed by atoms with Gasteiger partial charge in [-0.1, -0.05) is 158 Å². The van der Waals surface area contributed by atoms with E-state index in [4.69, 9.17) is 15.0 Å². The van der Waals surface area contributed by atoms with Crippen molar-refractivity contribution >= 4 is 81.4 Å². The first-order valence-electron chi connectivity index (χ1n) is 19.5. The summed E-state index contributed by atoms with van der Waals surface area (Å²) in [6.07, 6.45) is 0.941. The first-order chi connectivity index (χ1) is 28.3. The maximum Gasteiger partial charge on any atom is 0.238 e. The summed E-state index contributed by atoms with van der Waals surface area (Å²) in [6.45, 7) is 0. The fraction of sp³-hybridized carbons (Fsp3) is 0.0192. The zero-order valence-electron chi connectivity index (χ0n) is 30.7. The Bertz CT molecular complexity index is 3650. The van der Waals surface area contributed by atoms with Crippen LogP contribution in [-0.4, -0.2) is 23.9 Å². The van der Waals surface area contributed by atoms with E-state index in [1.165, 1.54) is 65.3 Å². The number of nitrogens with zero attached hydrogens (tertiary/aromatic N) is 5. The van der Waals surface area contributed by atoms with Crippen molar-refractivity contribution in [2.45, 2.75) is 6.42 Å². The standard InChI is InChI=1S/C52H31N5/c1-3-14-31(15-4-1)50-53-51(32-16-5-2-6-17-32)55-52(54-50)57-43-27-10-8-21-36(43)40-28-29-44-47(49(40)57)41-25-13-24-39-38-23-12-19-34-30-33-18-11-22-37(45(33)46(34)38)35-20-7-9-26-42(35)56(44)48(39)41/h1-29H,30H2. The average Bonchev–Trinajstić information content (AvgIpc) is 3.95. The van der Waals surface area contributed by atoms with Crippen LogP contribution in [0.5, 0.6) is 0 Å². The second kappa shape index (κ2) is 11.4. The Morgan fingerprint density at radius 2 is 0.842 bits per heavy atom. The molecule has 0 saturated carbocycles. The first-order valence-corrected chi connectivity index (χ1v) is 19.5. The number of para-hydroxylation sites is 3. The summed E-state index contributed by atoms with van der Waals surface area (Å²) < 4.78 is 4.80. The first kappa shape index (κ1) is 30.7. The van der Waals surface area contributed by atoms with Gasteiger partial charge in [0.05, 0.1) is 27.6 Å². The van der Waals surface area contributed by atoms with Gasteiger partial charge in [0.25, 0.3) is 0 Å². The molecule has 0 bridgehead atoms. The van der Waals surface area contributed by atoms with Crippen molar-refractivity contribution in [2.75, 3.05) is 0 Å². The molecule has 5 heteroatoms. The van der Waals surface area contributed by atoms with Gasteiger partial charge in [0.2, 0.25) is 5.95 Å². The molecular formula is C52H31N5. The lowest BCUT2D eigenvalue weighted by Crippen LogP contribution is -2.06. The Kier molecular flexibility index (Phi) is 6.16. The van der Waals surface area contributed by atoms with E-state index in [-0.39, 0.29) is 0 Å². The Balaban J connectivity index is 1.28. The van der Waals surface area contributed by atoms with E-state index in [9.17, 15) is 0 Å². The molecule has 264 valence electrons. The Morgan fingerprint density at radius 1 is 0.333 bits per heavy atom. The van der Waals surface area contributed by atoms with Crippen LogP contribution < -0.4 is 0 Å². The molecule has 0 atom stereocenters. The molecule has 0 unspecified atom stereocenters. The van der Waals surface area contributed by atoms with Gasteiger partial charge in [-0.25, -0.2) is 4.98 Å². The summed E-state index contributed by atoms with van der Waals surface area (Å²) in [7, 11) is 0. The zero-order chi connectivity index (χ0) is 37.2. The number of fused-ring (bicyclic) bond motifs is 11. The highest BCUT2D eigenvalue weighted by atomic mass is 15.2. The Labute approximate surface area is 326 Å². The zero-order valence-corrected chi connectivity index (χ0v) is 30.7. The molecule has 13 rings (SSSR count). The van der Waals surface area contributed by atoms with E-state index in [1.54, 1.807) is 0 Å². The van der Waals surface area contributed by atoms with Gasteiger partial charge in [-0.2, -0.15) is 9.97 Å². The van der Waals surface area contributed by atoms with E-state index in [2.05, 4.69) is 148 Å². The largest absolute Gasteiger partial charge is 0.308 e. The molecule has 1 aliphatic rings. The van der Waals surface area contributed by atoms with Crippen molar-refractivity contribution in [3.8, 4) is 28.7 Å². The van der Waals surface area contributed by atoms with Crippen molar-refractivity contribution in [3.63, 3.8) is 0 Å². The monoisotopic (exact) mass is 725 g/mol. The summed E-state index contributed by atoms with van der Waals surface area (Å²) >= 11 is 0. The van der Waals surface area contributed by atoms with E-state index < -0.39 is 0 Å². The molecule has 0 spiro atoms. The van der Waals surface area contributed by atoms with Gasteiger partial charge in [-0.3, -0.25) is 4.57 Å². The minimum atomic E-state index is 0.585. The highest BCUT2D eigenvalue weighted by Gasteiger charge is 2.25. The van der Waals surface area contributed by atoms with Gasteiger partial charge in [0.15, 0.2) is 11.6 Å². The smallest absolute Gasteiger partial charge is 0.238 e. The van der Waals surface area contributed by atoms with E-state index in [0.717, 1.165) is 44.9 Å². The van der Waals surface area contributed by atoms with Crippen LogP contribution in [0.4, 0.5) is 0 Å². The maximum absolute atomic E-state index is 5.30. The molecule has 0 fully saturated rings. The number of hydrogen-bond donors (Lipinski definition) is 0. The summed E-state index contributed by atoms with van der Waals surface area (Å²) in [5, 5.41) is 12.4. The third kappa shape index (κ3) is 4.20. The van der Waals surface area contributed by atoms with Crippen LogP contribution >= 0.6 is 0 Å². The fourth-order valence-corrected chi connectivity index (χ4v) is 9.81. The lowest BCUT2D eigenvalue weighted by molar-refractivity contribution is 0.955. The fourth-order valence-electron chi connectivity index (χ4n) is 9.81. The van der Waals surface area contributed by atoms with Crippen LogP contribution in [0, 0.1) is 0 Å². The summed E-state index contributed by atoms with van der Waals surface area (Å²) in [5.74, 6) is 1.85. The molecule has 5 nitrogen and oxygen atoms in total. The van der Waals surface area contributed by atoms with Crippen molar-refractivity contribution in [1.82, 2.24) is 23.9 Å². The highest BCUT2D eigenvalue weighted by molar-refractivity contribution is 6.31. The topological polar surface area (TPSA) is 48.0 Å². The lowest BCUT2D eigenvalue weighted by Gasteiger charge is -2.11. The quantitative estimate of drug-likeness (QED) is 0.182. The van der Waals surface area contributed by atoms with Crippen LogP contribution in [0.2, 0.25) is 0 Å². The van der Waals surface area contributed by atoms with Crippen LogP contribution in [0.1, 0.15) is 11.1 Å². The molecular weight excluding hydrogens is 695 g/mol. The minimum Gasteiger partial charge on any atom is -0.308 e. The number of benzene rings is 8. The molecule has 0 saturated heterocycles. The van der Waals surface area contributed by atoms with Gasteiger partial charge >= 0.3 is 0 Å². The van der Waals surface area contributed by atoms with Crippen LogP contribution in [-0.2, 0) is 6.42 Å². The van der Waals surface area contributed by atoms with Crippen molar-refractivity contribution in [1.29, 1.82) is 0 Å². The lowest BCUT2D eigenvalue weighted by atomic mass is 10.0. The molecule has 0 aliphatic heterocycles. The number of aromatic nitrogens is 5. The summed E-state index contributed by atoms with van der Waals surface area (Å²) in [5.41, 5.74) is 10.3. The normalized spacial score (nSPS) is 12.5. The van der Waals surface area contributed by atoms with Gasteiger partial charge in [-0.05, 0) is 57.3 Å². The average molecular weight is 726 g/mol. The number of rotatable bonds is 3. The third-order valence-corrected chi connectivity index (χ3v) is 12.1. The SMILES string of the molecule is c1ccc(-c2nc(-c3ccccc3)nc(-n3c4ccccc4c4ccc5c(c6cccc7c8cccc9c8c8c(cccc8c8ccccc8n5c76)C9)c43)n2)cc1. The maximum atomic E-state index is 5.30. The molecule has 0 amide bonds.